The van der Waals surface area contributed by atoms with Crippen molar-refractivity contribution in [2.24, 2.45) is 0 Å². The molecule has 0 spiro atoms. The number of aryl methyl sites for hydroxylation is 1. The third-order valence-electron chi connectivity index (χ3n) is 5.05. The summed E-state index contributed by atoms with van der Waals surface area (Å²) in [5.74, 6) is 0. The van der Waals surface area contributed by atoms with E-state index in [0.29, 0.717) is 11.1 Å². The molecular weight excluding hydrogens is 585 g/mol. The van der Waals surface area contributed by atoms with Crippen LogP contribution in [0.1, 0.15) is 24.5 Å². The van der Waals surface area contributed by atoms with Gasteiger partial charge in [0, 0.05) is 36.6 Å². The number of benzene rings is 2. The molecule has 0 fully saturated rings. The maximum absolute atomic E-state index is 8.12. The van der Waals surface area contributed by atoms with Crippen LogP contribution in [0, 0.1) is 19.3 Å². The number of rotatable bonds is 2. The van der Waals surface area contributed by atoms with E-state index in [2.05, 4.69) is 40.7 Å². The number of fused-ring (bicyclic) bond motifs is 3. The van der Waals surface area contributed by atoms with Crippen LogP contribution in [0.5, 0.6) is 0 Å². The predicted octanol–water partition coefficient (Wildman–Crippen LogP) is 7.38. The van der Waals surface area contributed by atoms with Gasteiger partial charge in [-0.1, -0.05) is 60.3 Å². The van der Waals surface area contributed by atoms with Crippen LogP contribution < -0.4 is 0 Å². The van der Waals surface area contributed by atoms with Gasteiger partial charge in [-0.15, -0.1) is 29.8 Å². The minimum Gasteiger partial charge on any atom is -0.476 e. The smallest absolute Gasteiger partial charge is 0.123 e. The summed E-state index contributed by atoms with van der Waals surface area (Å²) in [5.41, 5.74) is 4.12. The first-order chi connectivity index (χ1) is 17.8. The second-order valence-corrected chi connectivity index (χ2v) is 7.20. The fourth-order valence-corrected chi connectivity index (χ4v) is 3.49. The molecule has 5 aromatic rings. The number of nitrogens with zero attached hydrogens (tertiary/aromatic N) is 2. The van der Waals surface area contributed by atoms with Crippen molar-refractivity contribution in [3.8, 4) is 11.3 Å². The minimum absolute atomic E-state index is 0. The first kappa shape index (κ1) is 17.1. The van der Waals surface area contributed by atoms with Gasteiger partial charge in [0.25, 0.3) is 0 Å². The zero-order valence-corrected chi connectivity index (χ0v) is 19.9. The van der Waals surface area contributed by atoms with Crippen LogP contribution in [0.15, 0.2) is 102 Å². The summed E-state index contributed by atoms with van der Waals surface area (Å²) in [6.07, 6.45) is 12.5. The summed E-state index contributed by atoms with van der Waals surface area (Å²) in [5, 5.41) is 1.87. The van der Waals surface area contributed by atoms with Crippen molar-refractivity contribution in [3.63, 3.8) is 0 Å². The maximum atomic E-state index is 8.12. The van der Waals surface area contributed by atoms with E-state index in [4.69, 9.17) is 11.3 Å². The second-order valence-electron chi connectivity index (χ2n) is 7.20. The molecule has 4 heteroatoms. The minimum atomic E-state index is -2.47. The third kappa shape index (κ3) is 5.14. The van der Waals surface area contributed by atoms with E-state index in [1.54, 1.807) is 12.1 Å². The number of allylic oxidation sites excluding steroid dienone is 4. The molecule has 6 rings (SSSR count). The van der Waals surface area contributed by atoms with Gasteiger partial charge in [0.05, 0.1) is 8.32 Å². The van der Waals surface area contributed by atoms with Gasteiger partial charge in [0.15, 0.2) is 0 Å². The van der Waals surface area contributed by atoms with E-state index in [9.17, 15) is 0 Å². The fraction of sp³-hybridized carbons (Fsp3) is 0.0690. The monoisotopic (exact) mass is 612 g/mol. The van der Waals surface area contributed by atoms with Crippen LogP contribution in [0.25, 0.3) is 38.8 Å². The third-order valence-corrected chi connectivity index (χ3v) is 5.05. The Bertz CT molecular complexity index is 1640. The Morgan fingerprint density at radius 1 is 1.03 bits per heavy atom. The van der Waals surface area contributed by atoms with Crippen LogP contribution in [-0.4, -0.2) is 9.97 Å². The fourth-order valence-electron chi connectivity index (χ4n) is 3.49. The number of hydrogen-bond acceptors (Lipinski definition) is 3. The average Bonchev–Trinajstić information content (AvgIpc) is 3.29. The number of hydrogen-bond donors (Lipinski definition) is 0. The molecule has 1 aliphatic carbocycles. The van der Waals surface area contributed by atoms with Gasteiger partial charge in [-0.3, -0.25) is 0 Å². The Hall–Kier alpha value is -3.46. The Morgan fingerprint density at radius 2 is 1.94 bits per heavy atom. The first-order valence-corrected chi connectivity index (χ1v) is 10.2. The Labute approximate surface area is 214 Å². The summed E-state index contributed by atoms with van der Waals surface area (Å²) in [6.45, 7) is -2.47. The molecule has 0 bridgehead atoms. The SMILES string of the molecule is C1=CC[CH-]C(c2ccccn2)=C1.[2H]c1c(C([2H])([2H])[2H])cnc(-c2[c-]cc3c(c2)oc2ccccc23)c1[2H].[Ir]. The molecule has 1 radical (unpaired) electrons. The normalized spacial score (nSPS) is 14.9. The van der Waals surface area contributed by atoms with Gasteiger partial charge in [-0.25, -0.2) is 0 Å². The van der Waals surface area contributed by atoms with Crippen molar-refractivity contribution in [1.29, 1.82) is 0 Å². The van der Waals surface area contributed by atoms with Gasteiger partial charge in [-0.05, 0) is 41.3 Å². The van der Waals surface area contributed by atoms with E-state index in [1.807, 2.05) is 48.7 Å². The largest absolute Gasteiger partial charge is 0.476 e. The van der Waals surface area contributed by atoms with Gasteiger partial charge >= 0.3 is 0 Å². The summed E-state index contributed by atoms with van der Waals surface area (Å²) in [7, 11) is 0. The van der Waals surface area contributed by atoms with E-state index in [1.165, 1.54) is 5.57 Å². The van der Waals surface area contributed by atoms with Crippen LogP contribution >= 0.6 is 0 Å². The molecule has 2 aromatic carbocycles. The predicted molar refractivity (Wildman–Crippen MR) is 131 cm³/mol. The topological polar surface area (TPSA) is 38.9 Å². The molecule has 165 valence electrons. The van der Waals surface area contributed by atoms with Crippen molar-refractivity contribution >= 4 is 27.5 Å². The quantitative estimate of drug-likeness (QED) is 0.196. The van der Waals surface area contributed by atoms with Crippen molar-refractivity contribution in [3.05, 3.63) is 121 Å². The number of furan rings is 1. The second kappa shape index (κ2) is 10.4. The summed E-state index contributed by atoms with van der Waals surface area (Å²) in [4.78, 5) is 8.37. The molecule has 0 N–H and O–H groups in total. The molecule has 33 heavy (non-hydrogen) atoms. The zero-order valence-electron chi connectivity index (χ0n) is 22.5. The molecule has 0 saturated heterocycles. The number of aromatic nitrogens is 2. The molecule has 0 atom stereocenters. The summed E-state index contributed by atoms with van der Waals surface area (Å²) >= 11 is 0. The van der Waals surface area contributed by atoms with Gasteiger partial charge in [0.1, 0.15) is 5.58 Å². The average molecular weight is 612 g/mol. The van der Waals surface area contributed by atoms with Crippen LogP contribution in [0.3, 0.4) is 0 Å². The van der Waals surface area contributed by atoms with Crippen LogP contribution in [0.2, 0.25) is 0 Å². The number of pyridine rings is 2. The molecule has 1 aliphatic rings. The van der Waals surface area contributed by atoms with E-state index < -0.39 is 6.85 Å². The maximum Gasteiger partial charge on any atom is 0.123 e. The van der Waals surface area contributed by atoms with Gasteiger partial charge in [-0.2, -0.15) is 18.1 Å². The molecule has 3 nitrogen and oxygen atoms in total. The van der Waals surface area contributed by atoms with Crippen molar-refractivity contribution in [2.45, 2.75) is 13.3 Å². The number of para-hydroxylation sites is 1. The van der Waals surface area contributed by atoms with Gasteiger partial charge < -0.3 is 14.4 Å². The molecule has 3 aromatic heterocycles. The molecule has 0 aliphatic heterocycles. The zero-order chi connectivity index (χ0) is 26.0. The van der Waals surface area contributed by atoms with Gasteiger partial charge in [0.2, 0.25) is 0 Å². The standard InChI is InChI=1S/C18H12NO.C11H10N.Ir/c1-12-6-9-16(19-11-12)13-7-8-15-14-4-2-3-5-17(14)20-18(15)10-13;1-2-6-10(7-3-1)11-8-4-5-9-12-11;/h2-6,8-11H,1H3;1-2,4-9H,3H2;/q2*-1;/i1D3,6D,9D;;. The molecular formula is C29H22IrN2O-2. The van der Waals surface area contributed by atoms with E-state index in [0.717, 1.165) is 34.7 Å². The van der Waals surface area contributed by atoms with Crippen LogP contribution in [-0.2, 0) is 20.1 Å². The first-order valence-electron chi connectivity index (χ1n) is 12.7. The molecule has 0 unspecified atom stereocenters. The summed E-state index contributed by atoms with van der Waals surface area (Å²) < 4.78 is 44.2. The Balaban J connectivity index is 0.000000218. The Kier molecular flexibility index (Phi) is 5.40. The van der Waals surface area contributed by atoms with Crippen LogP contribution in [0.4, 0.5) is 0 Å². The van der Waals surface area contributed by atoms with Crippen molar-refractivity contribution < 1.29 is 31.4 Å². The summed E-state index contributed by atoms with van der Waals surface area (Å²) in [6, 6.07) is 19.6. The van der Waals surface area contributed by atoms with E-state index >= 15 is 0 Å². The molecule has 0 saturated carbocycles. The Morgan fingerprint density at radius 3 is 2.76 bits per heavy atom. The van der Waals surface area contributed by atoms with E-state index in [-0.39, 0.29) is 43.4 Å². The molecule has 3 heterocycles. The molecule has 0 amide bonds. The van der Waals surface area contributed by atoms with Crippen molar-refractivity contribution in [2.75, 3.05) is 0 Å². The van der Waals surface area contributed by atoms with Crippen molar-refractivity contribution in [1.82, 2.24) is 9.97 Å².